The molecule has 4 nitrogen and oxygen atoms in total. The topological polar surface area (TPSA) is 74.6 Å². The molecule has 1 aromatic rings. The van der Waals surface area contributed by atoms with Crippen LogP contribution < -0.4 is 0 Å². The molecule has 0 saturated heterocycles. The smallest absolute Gasteiger partial charge is 0.294 e. The molecule has 0 aliphatic rings. The zero-order chi connectivity index (χ0) is 17.6. The fourth-order valence-corrected chi connectivity index (χ4v) is 2.90. The van der Waals surface area contributed by atoms with Gasteiger partial charge in [-0.2, -0.15) is 8.42 Å². The number of benzene rings is 1. The second kappa shape index (κ2) is 8.65. The Balaban J connectivity index is 0.000000401. The number of aryl methyl sites for hydroxylation is 1. The van der Waals surface area contributed by atoms with Gasteiger partial charge in [-0.05, 0) is 50.2 Å². The van der Waals surface area contributed by atoms with Crippen LogP contribution in [-0.2, 0) is 10.1 Å². The van der Waals surface area contributed by atoms with Crippen molar-refractivity contribution < 1.29 is 18.1 Å². The van der Waals surface area contributed by atoms with Crippen LogP contribution >= 0.6 is 0 Å². The maximum Gasteiger partial charge on any atom is 0.294 e. The molecule has 0 aromatic heterocycles. The Hall–Kier alpha value is -0.910. The fraction of sp³-hybridized carbons (Fsp3) is 0.647. The largest absolute Gasteiger partial charge is 0.393 e. The predicted octanol–water partition coefficient (Wildman–Crippen LogP) is 4.07. The standard InChI is InChI=1S/C10H22O.C7H8O3S/c1-8(6-9(2)11)7-10(3,4)5;1-6-2-4-7(5-3-6)11(8,9)10/h8-9,11H,6-7H2,1-5H3;2-5H,1H3,(H,8,9,10). The first kappa shape index (κ1) is 21.1. The summed E-state index contributed by atoms with van der Waals surface area (Å²) < 4.78 is 29.6. The molecule has 0 heterocycles. The van der Waals surface area contributed by atoms with Crippen molar-refractivity contribution in [3.63, 3.8) is 0 Å². The maximum absolute atomic E-state index is 10.5. The van der Waals surface area contributed by atoms with Crippen molar-refractivity contribution in [3.8, 4) is 0 Å². The van der Waals surface area contributed by atoms with Crippen LogP contribution in [0.4, 0.5) is 0 Å². The molecule has 0 spiro atoms. The second-order valence-corrected chi connectivity index (χ2v) is 8.66. The highest BCUT2D eigenvalue weighted by Gasteiger charge is 2.16. The molecule has 1 aromatic carbocycles. The van der Waals surface area contributed by atoms with Crippen molar-refractivity contribution in [2.75, 3.05) is 0 Å². The summed E-state index contributed by atoms with van der Waals surface area (Å²) in [7, 11) is -4.02. The first-order chi connectivity index (χ1) is 9.81. The highest BCUT2D eigenvalue weighted by atomic mass is 32.2. The second-order valence-electron chi connectivity index (χ2n) is 7.24. The normalized spacial score (nSPS) is 14.7. The van der Waals surface area contributed by atoms with Crippen molar-refractivity contribution in [2.24, 2.45) is 11.3 Å². The van der Waals surface area contributed by atoms with Crippen LogP contribution in [0.25, 0.3) is 0 Å². The lowest BCUT2D eigenvalue weighted by Crippen LogP contribution is -2.14. The number of aliphatic hydroxyl groups is 1. The average molecular weight is 330 g/mol. The van der Waals surface area contributed by atoms with Crippen LogP contribution in [-0.4, -0.2) is 24.2 Å². The Morgan fingerprint density at radius 2 is 1.55 bits per heavy atom. The van der Waals surface area contributed by atoms with E-state index >= 15 is 0 Å². The molecule has 0 aliphatic heterocycles. The van der Waals surface area contributed by atoms with E-state index in [4.69, 9.17) is 9.66 Å². The Kier molecular flexibility index (Phi) is 8.29. The van der Waals surface area contributed by atoms with Gasteiger partial charge in [-0.3, -0.25) is 4.55 Å². The molecule has 0 radical (unpaired) electrons. The fourth-order valence-electron chi connectivity index (χ4n) is 2.42. The third-order valence-electron chi connectivity index (χ3n) is 3.02. The summed E-state index contributed by atoms with van der Waals surface area (Å²) in [6, 6.07) is 5.99. The molecular formula is C17H30O4S. The van der Waals surface area contributed by atoms with E-state index in [0.717, 1.165) is 12.0 Å². The van der Waals surface area contributed by atoms with E-state index in [1.54, 1.807) is 12.1 Å². The maximum atomic E-state index is 10.5. The number of hydrogen-bond acceptors (Lipinski definition) is 3. The molecule has 5 heteroatoms. The van der Waals surface area contributed by atoms with Crippen LogP contribution in [0.3, 0.4) is 0 Å². The number of aliphatic hydroxyl groups excluding tert-OH is 1. The van der Waals surface area contributed by atoms with Gasteiger partial charge >= 0.3 is 0 Å². The molecule has 2 unspecified atom stereocenters. The summed E-state index contributed by atoms with van der Waals surface area (Å²) in [5.41, 5.74) is 1.35. The lowest BCUT2D eigenvalue weighted by molar-refractivity contribution is 0.149. The molecule has 2 N–H and O–H groups in total. The van der Waals surface area contributed by atoms with Gasteiger partial charge in [-0.1, -0.05) is 45.4 Å². The van der Waals surface area contributed by atoms with Crippen molar-refractivity contribution in [1.82, 2.24) is 0 Å². The monoisotopic (exact) mass is 330 g/mol. The first-order valence-corrected chi connectivity index (χ1v) is 8.97. The molecule has 0 aliphatic carbocycles. The zero-order valence-corrected chi connectivity index (χ0v) is 15.3. The Morgan fingerprint density at radius 3 is 1.86 bits per heavy atom. The van der Waals surface area contributed by atoms with E-state index in [2.05, 4.69) is 27.7 Å². The summed E-state index contributed by atoms with van der Waals surface area (Å²) in [5, 5.41) is 9.12. The minimum atomic E-state index is -4.02. The van der Waals surface area contributed by atoms with Gasteiger partial charge < -0.3 is 5.11 Å². The zero-order valence-electron chi connectivity index (χ0n) is 14.5. The van der Waals surface area contributed by atoms with E-state index in [1.807, 2.05) is 13.8 Å². The summed E-state index contributed by atoms with van der Waals surface area (Å²) in [5.74, 6) is 0.634. The third kappa shape index (κ3) is 10.8. The van der Waals surface area contributed by atoms with Crippen LogP contribution in [0.15, 0.2) is 29.2 Å². The van der Waals surface area contributed by atoms with Gasteiger partial charge in [0, 0.05) is 0 Å². The van der Waals surface area contributed by atoms with Gasteiger partial charge in [0.25, 0.3) is 10.1 Å². The summed E-state index contributed by atoms with van der Waals surface area (Å²) >= 11 is 0. The van der Waals surface area contributed by atoms with Crippen LogP contribution in [0, 0.1) is 18.3 Å². The van der Waals surface area contributed by atoms with Crippen molar-refractivity contribution in [3.05, 3.63) is 29.8 Å². The van der Waals surface area contributed by atoms with Crippen LogP contribution in [0.2, 0.25) is 0 Å². The Morgan fingerprint density at radius 1 is 1.09 bits per heavy atom. The van der Waals surface area contributed by atoms with E-state index in [9.17, 15) is 8.42 Å². The lowest BCUT2D eigenvalue weighted by atomic mass is 9.83. The average Bonchev–Trinajstić information content (AvgIpc) is 2.24. The van der Waals surface area contributed by atoms with Gasteiger partial charge in [0.1, 0.15) is 0 Å². The molecule has 0 fully saturated rings. The summed E-state index contributed by atoms with van der Waals surface area (Å²) in [4.78, 5) is -0.0666. The molecule has 0 bridgehead atoms. The molecule has 22 heavy (non-hydrogen) atoms. The molecular weight excluding hydrogens is 300 g/mol. The summed E-state index contributed by atoms with van der Waals surface area (Å²) in [6.45, 7) is 12.6. The molecule has 1 rings (SSSR count). The molecule has 0 amide bonds. The first-order valence-electron chi connectivity index (χ1n) is 7.53. The van der Waals surface area contributed by atoms with Crippen molar-refractivity contribution in [2.45, 2.75) is 65.4 Å². The van der Waals surface area contributed by atoms with Gasteiger partial charge in [-0.15, -0.1) is 0 Å². The lowest BCUT2D eigenvalue weighted by Gasteiger charge is -2.23. The highest BCUT2D eigenvalue weighted by molar-refractivity contribution is 7.85. The molecule has 0 saturated carbocycles. The van der Waals surface area contributed by atoms with Gasteiger partial charge in [0.05, 0.1) is 11.0 Å². The highest BCUT2D eigenvalue weighted by Crippen LogP contribution is 2.26. The summed E-state index contributed by atoms with van der Waals surface area (Å²) in [6.07, 6.45) is 1.97. The van der Waals surface area contributed by atoms with Crippen LogP contribution in [0.5, 0.6) is 0 Å². The van der Waals surface area contributed by atoms with E-state index in [-0.39, 0.29) is 11.0 Å². The Labute approximate surface area is 135 Å². The van der Waals surface area contributed by atoms with Crippen molar-refractivity contribution in [1.29, 1.82) is 0 Å². The number of hydrogen-bond donors (Lipinski definition) is 2. The predicted molar refractivity (Wildman–Crippen MR) is 90.5 cm³/mol. The van der Waals surface area contributed by atoms with Crippen LogP contribution in [0.1, 0.15) is 53.0 Å². The van der Waals surface area contributed by atoms with E-state index in [0.29, 0.717) is 11.3 Å². The van der Waals surface area contributed by atoms with Gasteiger partial charge in [0.15, 0.2) is 0 Å². The quantitative estimate of drug-likeness (QED) is 0.816. The van der Waals surface area contributed by atoms with E-state index < -0.39 is 10.1 Å². The Bertz CT molecular complexity index is 525. The molecule has 128 valence electrons. The minimum Gasteiger partial charge on any atom is -0.393 e. The third-order valence-corrected chi connectivity index (χ3v) is 3.89. The molecule has 2 atom stereocenters. The van der Waals surface area contributed by atoms with E-state index in [1.165, 1.54) is 18.6 Å². The number of rotatable bonds is 4. The van der Waals surface area contributed by atoms with Gasteiger partial charge in [-0.25, -0.2) is 0 Å². The SMILES string of the molecule is CC(O)CC(C)CC(C)(C)C.Cc1ccc(S(=O)(=O)O)cc1. The van der Waals surface area contributed by atoms with Crippen molar-refractivity contribution >= 4 is 10.1 Å². The van der Waals surface area contributed by atoms with Gasteiger partial charge in [0.2, 0.25) is 0 Å². The minimum absolute atomic E-state index is 0.0666.